The van der Waals surface area contributed by atoms with Crippen LogP contribution in [0.4, 0.5) is 5.82 Å². The molecule has 3 N–H and O–H groups in total. The van der Waals surface area contributed by atoms with E-state index in [-0.39, 0.29) is 0 Å². The number of ether oxygens (including phenoxy) is 1. The summed E-state index contributed by atoms with van der Waals surface area (Å²) in [4.78, 5) is 0. The van der Waals surface area contributed by atoms with Crippen molar-refractivity contribution in [3.8, 4) is 16.9 Å². The van der Waals surface area contributed by atoms with Crippen LogP contribution in [-0.2, 0) is 0 Å². The van der Waals surface area contributed by atoms with Crippen molar-refractivity contribution >= 4 is 17.4 Å². The van der Waals surface area contributed by atoms with Gasteiger partial charge < -0.3 is 10.5 Å². The summed E-state index contributed by atoms with van der Waals surface area (Å²) in [5.41, 5.74) is 8.97. The lowest BCUT2D eigenvalue weighted by atomic mass is 9.93. The molecule has 1 aromatic carbocycles. The van der Waals surface area contributed by atoms with Crippen molar-refractivity contribution in [1.82, 2.24) is 10.2 Å². The number of halogens is 1. The van der Waals surface area contributed by atoms with Gasteiger partial charge in [-0.3, -0.25) is 5.10 Å². The minimum absolute atomic E-state index is 0.524. The minimum Gasteiger partial charge on any atom is -0.495 e. The maximum absolute atomic E-state index is 6.39. The number of nitrogens with two attached hydrogens (primary N) is 1. The molecule has 0 saturated heterocycles. The zero-order valence-corrected chi connectivity index (χ0v) is 12.2. The van der Waals surface area contributed by atoms with E-state index >= 15 is 0 Å². The molecule has 0 bridgehead atoms. The van der Waals surface area contributed by atoms with E-state index < -0.39 is 0 Å². The number of aromatic amines is 1. The number of aromatic nitrogens is 2. The number of hydrogen-bond acceptors (Lipinski definition) is 3. The van der Waals surface area contributed by atoms with Crippen molar-refractivity contribution in [2.24, 2.45) is 0 Å². The summed E-state index contributed by atoms with van der Waals surface area (Å²) >= 11 is 6.39. The molecule has 0 radical (unpaired) electrons. The average Bonchev–Trinajstić information content (AvgIpc) is 3.08. The zero-order chi connectivity index (χ0) is 14.1. The van der Waals surface area contributed by atoms with Gasteiger partial charge in [-0.2, -0.15) is 5.10 Å². The van der Waals surface area contributed by atoms with Crippen molar-refractivity contribution in [2.45, 2.75) is 31.6 Å². The Kier molecular flexibility index (Phi) is 3.57. The molecule has 0 unspecified atom stereocenters. The van der Waals surface area contributed by atoms with E-state index in [0.29, 0.717) is 16.8 Å². The van der Waals surface area contributed by atoms with Crippen molar-refractivity contribution < 1.29 is 4.74 Å². The monoisotopic (exact) mass is 291 g/mol. The summed E-state index contributed by atoms with van der Waals surface area (Å²) in [5, 5.41) is 7.36. The van der Waals surface area contributed by atoms with E-state index in [9.17, 15) is 0 Å². The molecule has 0 aliphatic heterocycles. The second-order valence-electron chi connectivity index (χ2n) is 5.26. The highest BCUT2D eigenvalue weighted by molar-refractivity contribution is 6.32. The smallest absolute Gasteiger partial charge is 0.140 e. The van der Waals surface area contributed by atoms with E-state index in [2.05, 4.69) is 16.3 Å². The second kappa shape index (κ2) is 5.37. The first kappa shape index (κ1) is 13.3. The van der Waals surface area contributed by atoms with Crippen LogP contribution >= 0.6 is 11.6 Å². The molecule has 1 aliphatic carbocycles. The standard InChI is InChI=1S/C15H18ClN3O/c1-20-14-11(9-4-2-3-5-9)6-10(7-13(14)16)12-8-18-19-15(12)17/h6-9H,2-5H2,1H3,(H3,17,18,19). The molecular weight excluding hydrogens is 274 g/mol. The summed E-state index contributed by atoms with van der Waals surface area (Å²) in [6, 6.07) is 4.03. The number of nitrogens with zero attached hydrogens (tertiary/aromatic N) is 1. The van der Waals surface area contributed by atoms with Crippen LogP contribution in [0.2, 0.25) is 5.02 Å². The molecule has 1 heterocycles. The van der Waals surface area contributed by atoms with Gasteiger partial charge in [0.15, 0.2) is 0 Å². The van der Waals surface area contributed by atoms with Crippen LogP contribution in [0.15, 0.2) is 18.3 Å². The number of H-pyrrole nitrogens is 1. The summed E-state index contributed by atoms with van der Waals surface area (Å²) in [6.07, 6.45) is 6.65. The summed E-state index contributed by atoms with van der Waals surface area (Å²) in [5.74, 6) is 1.88. The first-order chi connectivity index (χ1) is 9.70. The third kappa shape index (κ3) is 2.24. The lowest BCUT2D eigenvalue weighted by Gasteiger charge is -2.17. The quantitative estimate of drug-likeness (QED) is 0.899. The molecule has 1 fully saturated rings. The van der Waals surface area contributed by atoms with Crippen LogP contribution in [0, 0.1) is 0 Å². The molecule has 1 aromatic heterocycles. The van der Waals surface area contributed by atoms with Crippen LogP contribution in [-0.4, -0.2) is 17.3 Å². The van der Waals surface area contributed by atoms with Gasteiger partial charge in [-0.25, -0.2) is 0 Å². The number of nitrogens with one attached hydrogen (secondary N) is 1. The van der Waals surface area contributed by atoms with Crippen molar-refractivity contribution in [1.29, 1.82) is 0 Å². The number of methoxy groups -OCH3 is 1. The molecule has 0 atom stereocenters. The lowest BCUT2D eigenvalue weighted by Crippen LogP contribution is -1.99. The van der Waals surface area contributed by atoms with E-state index in [0.717, 1.165) is 16.9 Å². The second-order valence-corrected chi connectivity index (χ2v) is 5.67. The third-order valence-electron chi connectivity index (χ3n) is 4.05. The molecule has 4 nitrogen and oxygen atoms in total. The normalized spacial score (nSPS) is 15.7. The van der Waals surface area contributed by atoms with Crippen LogP contribution in [0.5, 0.6) is 5.75 Å². The predicted molar refractivity (Wildman–Crippen MR) is 81.2 cm³/mol. The van der Waals surface area contributed by atoms with Crippen molar-refractivity contribution in [3.05, 3.63) is 28.9 Å². The summed E-state index contributed by atoms with van der Waals surface area (Å²) in [6.45, 7) is 0. The highest BCUT2D eigenvalue weighted by atomic mass is 35.5. The van der Waals surface area contributed by atoms with E-state index in [1.807, 2.05) is 6.07 Å². The fraction of sp³-hybridized carbons (Fsp3) is 0.400. The van der Waals surface area contributed by atoms with E-state index in [4.69, 9.17) is 22.1 Å². The van der Waals surface area contributed by atoms with Gasteiger partial charge in [-0.05, 0) is 42.0 Å². The molecule has 1 aliphatic rings. The Morgan fingerprint density at radius 3 is 2.70 bits per heavy atom. The molecule has 0 spiro atoms. The fourth-order valence-corrected chi connectivity index (χ4v) is 3.36. The Morgan fingerprint density at radius 1 is 1.35 bits per heavy atom. The molecule has 3 rings (SSSR count). The van der Waals surface area contributed by atoms with Gasteiger partial charge in [-0.15, -0.1) is 0 Å². The van der Waals surface area contributed by atoms with Gasteiger partial charge in [0.1, 0.15) is 11.6 Å². The third-order valence-corrected chi connectivity index (χ3v) is 4.33. The Labute approximate surface area is 123 Å². The molecule has 5 heteroatoms. The summed E-state index contributed by atoms with van der Waals surface area (Å²) in [7, 11) is 1.67. The van der Waals surface area contributed by atoms with Crippen LogP contribution < -0.4 is 10.5 Å². The number of hydrogen-bond donors (Lipinski definition) is 2. The number of anilines is 1. The first-order valence-electron chi connectivity index (χ1n) is 6.87. The molecule has 1 saturated carbocycles. The van der Waals surface area contributed by atoms with Gasteiger partial charge in [0, 0.05) is 5.56 Å². The topological polar surface area (TPSA) is 63.9 Å². The van der Waals surface area contributed by atoms with Crippen molar-refractivity contribution in [2.75, 3.05) is 12.8 Å². The zero-order valence-electron chi connectivity index (χ0n) is 11.4. The van der Waals surface area contributed by atoms with Crippen LogP contribution in [0.1, 0.15) is 37.2 Å². The van der Waals surface area contributed by atoms with Crippen molar-refractivity contribution in [3.63, 3.8) is 0 Å². The molecule has 20 heavy (non-hydrogen) atoms. The van der Waals surface area contributed by atoms with Gasteiger partial charge in [-0.1, -0.05) is 24.4 Å². The maximum Gasteiger partial charge on any atom is 0.140 e. The lowest BCUT2D eigenvalue weighted by molar-refractivity contribution is 0.406. The highest BCUT2D eigenvalue weighted by Crippen LogP contribution is 2.44. The van der Waals surface area contributed by atoms with E-state index in [1.165, 1.54) is 31.2 Å². The largest absolute Gasteiger partial charge is 0.495 e. The SMILES string of the molecule is COc1c(Cl)cc(-c2cn[nH]c2N)cc1C1CCCC1. The fourth-order valence-electron chi connectivity index (χ4n) is 3.05. The Bertz CT molecular complexity index is 618. The Hall–Kier alpha value is -1.68. The predicted octanol–water partition coefficient (Wildman–Crippen LogP) is 3.98. The van der Waals surface area contributed by atoms with Gasteiger partial charge in [0.2, 0.25) is 0 Å². The highest BCUT2D eigenvalue weighted by Gasteiger charge is 2.23. The maximum atomic E-state index is 6.39. The molecule has 0 amide bonds. The van der Waals surface area contributed by atoms with Gasteiger partial charge in [0.25, 0.3) is 0 Å². The van der Waals surface area contributed by atoms with Crippen LogP contribution in [0.25, 0.3) is 11.1 Å². The summed E-state index contributed by atoms with van der Waals surface area (Å²) < 4.78 is 5.50. The Balaban J connectivity index is 2.11. The van der Waals surface area contributed by atoms with E-state index in [1.54, 1.807) is 13.3 Å². The minimum atomic E-state index is 0.524. The number of nitrogen functional groups attached to an aromatic ring is 1. The average molecular weight is 292 g/mol. The molecular formula is C15H18ClN3O. The van der Waals surface area contributed by atoms with Crippen LogP contribution in [0.3, 0.4) is 0 Å². The molecule has 106 valence electrons. The first-order valence-corrected chi connectivity index (χ1v) is 7.25. The van der Waals surface area contributed by atoms with Gasteiger partial charge >= 0.3 is 0 Å². The Morgan fingerprint density at radius 2 is 2.10 bits per heavy atom. The number of rotatable bonds is 3. The molecule has 2 aromatic rings. The van der Waals surface area contributed by atoms with Gasteiger partial charge in [0.05, 0.1) is 18.3 Å². The number of benzene rings is 1.